The number of likely N-dealkylation sites (tertiary alicyclic amines) is 1. The van der Waals surface area contributed by atoms with Crippen LogP contribution in [0.2, 0.25) is 5.02 Å². The first-order valence-corrected chi connectivity index (χ1v) is 11.8. The molecule has 8 nitrogen and oxygen atoms in total. The van der Waals surface area contributed by atoms with Crippen LogP contribution in [0.4, 0.5) is 5.69 Å². The summed E-state index contributed by atoms with van der Waals surface area (Å²) in [4.78, 5) is 31.9. The van der Waals surface area contributed by atoms with Gasteiger partial charge in [0.1, 0.15) is 17.2 Å². The molecule has 0 radical (unpaired) electrons. The van der Waals surface area contributed by atoms with E-state index in [-0.39, 0.29) is 5.56 Å². The number of nitrogens with zero attached hydrogens (tertiary/aromatic N) is 5. The first kappa shape index (κ1) is 21.9. The number of piperidine rings is 1. The Kier molecular flexibility index (Phi) is 5.80. The Balaban J connectivity index is 1.42. The number of benzene rings is 1. The van der Waals surface area contributed by atoms with Crippen molar-refractivity contribution in [3.05, 3.63) is 57.0 Å². The van der Waals surface area contributed by atoms with Gasteiger partial charge in [-0.1, -0.05) is 18.5 Å². The van der Waals surface area contributed by atoms with Gasteiger partial charge < -0.3 is 19.8 Å². The van der Waals surface area contributed by atoms with E-state index in [0.717, 1.165) is 60.7 Å². The summed E-state index contributed by atoms with van der Waals surface area (Å²) in [6, 6.07) is 5.97. The minimum atomic E-state index is -0.192. The van der Waals surface area contributed by atoms with Crippen LogP contribution in [0.5, 0.6) is 0 Å². The van der Waals surface area contributed by atoms with Gasteiger partial charge in [-0.3, -0.25) is 4.79 Å². The van der Waals surface area contributed by atoms with Gasteiger partial charge in [-0.05, 0) is 50.1 Å². The van der Waals surface area contributed by atoms with Gasteiger partial charge in [-0.2, -0.15) is 0 Å². The number of hydrogen-bond donors (Lipinski definition) is 2. The fourth-order valence-electron chi connectivity index (χ4n) is 4.54. The highest BCUT2D eigenvalue weighted by Gasteiger charge is 2.19. The lowest BCUT2D eigenvalue weighted by Gasteiger charge is -2.32. The minimum absolute atomic E-state index is 0.192. The topological polar surface area (TPSA) is 91.7 Å². The van der Waals surface area contributed by atoms with E-state index in [2.05, 4.69) is 32.1 Å². The Labute approximate surface area is 197 Å². The van der Waals surface area contributed by atoms with Gasteiger partial charge in [0.05, 0.1) is 21.6 Å². The molecule has 1 aromatic carbocycles. The molecule has 0 bridgehead atoms. The molecular formula is C24H28ClN7O. The van der Waals surface area contributed by atoms with E-state index < -0.39 is 0 Å². The molecule has 0 amide bonds. The van der Waals surface area contributed by atoms with Gasteiger partial charge >= 0.3 is 0 Å². The molecule has 3 aromatic heterocycles. The Hall–Kier alpha value is -2.97. The van der Waals surface area contributed by atoms with Gasteiger partial charge in [-0.25, -0.2) is 15.0 Å². The molecule has 1 fully saturated rings. The molecule has 172 valence electrons. The quantitative estimate of drug-likeness (QED) is 0.467. The maximum Gasteiger partial charge on any atom is 0.258 e. The monoisotopic (exact) mass is 465 g/mol. The summed E-state index contributed by atoms with van der Waals surface area (Å²) in [5.41, 5.74) is 3.89. The predicted octanol–water partition coefficient (Wildman–Crippen LogP) is 3.65. The van der Waals surface area contributed by atoms with Crippen molar-refractivity contribution in [1.82, 2.24) is 29.4 Å². The van der Waals surface area contributed by atoms with E-state index in [9.17, 15) is 4.79 Å². The molecule has 4 aromatic rings. The van der Waals surface area contributed by atoms with Gasteiger partial charge in [0, 0.05) is 38.8 Å². The lowest BCUT2D eigenvalue weighted by molar-refractivity contribution is 0.229. The van der Waals surface area contributed by atoms with E-state index in [4.69, 9.17) is 16.6 Å². The van der Waals surface area contributed by atoms with Crippen molar-refractivity contribution in [2.45, 2.75) is 39.2 Å². The van der Waals surface area contributed by atoms with Crippen LogP contribution < -0.4 is 10.9 Å². The molecule has 5 rings (SSSR count). The van der Waals surface area contributed by atoms with Crippen LogP contribution in [0.25, 0.3) is 22.1 Å². The molecule has 2 N–H and O–H groups in total. The number of aryl methyl sites for hydroxylation is 2. The zero-order chi connectivity index (χ0) is 23.1. The van der Waals surface area contributed by atoms with Crippen molar-refractivity contribution in [3.8, 4) is 0 Å². The fraction of sp³-hybridized carbons (Fsp3) is 0.417. The van der Waals surface area contributed by atoms with Gasteiger partial charge in [-0.15, -0.1) is 0 Å². The number of nitrogens with one attached hydrogen (secondary N) is 2. The molecular weight excluding hydrogens is 438 g/mol. The molecule has 0 saturated carbocycles. The maximum atomic E-state index is 12.8. The van der Waals surface area contributed by atoms with Crippen molar-refractivity contribution in [3.63, 3.8) is 0 Å². The zero-order valence-electron chi connectivity index (χ0n) is 19.2. The minimum Gasteiger partial charge on any atom is -0.381 e. The number of imidazole rings is 1. The third kappa shape index (κ3) is 4.32. The van der Waals surface area contributed by atoms with E-state index in [0.29, 0.717) is 34.2 Å². The Morgan fingerprint density at radius 3 is 2.73 bits per heavy atom. The third-order valence-corrected chi connectivity index (χ3v) is 6.91. The number of rotatable bonds is 5. The smallest absolute Gasteiger partial charge is 0.258 e. The molecule has 9 heteroatoms. The highest BCUT2D eigenvalue weighted by molar-refractivity contribution is 6.34. The summed E-state index contributed by atoms with van der Waals surface area (Å²) >= 11 is 6.52. The number of fused-ring (bicyclic) bond motifs is 2. The van der Waals surface area contributed by atoms with Crippen LogP contribution in [0, 0.1) is 6.92 Å². The van der Waals surface area contributed by atoms with Crippen LogP contribution in [-0.4, -0.2) is 55.1 Å². The highest BCUT2D eigenvalue weighted by atomic mass is 35.5. The van der Waals surface area contributed by atoms with Crippen molar-refractivity contribution in [1.29, 1.82) is 0 Å². The van der Waals surface area contributed by atoms with Gasteiger partial charge in [0.25, 0.3) is 5.56 Å². The number of aromatic nitrogens is 5. The SMILES string of the molecule is CCN1CCC(Nc2cc3nc(Cc4cnc5c(c4)nc(C)n5C)[nH]c(=O)c3cc2Cl)CC1. The third-order valence-electron chi connectivity index (χ3n) is 6.60. The molecule has 0 aliphatic carbocycles. The van der Waals surface area contributed by atoms with E-state index in [1.807, 2.05) is 36.9 Å². The summed E-state index contributed by atoms with van der Waals surface area (Å²) < 4.78 is 1.96. The second kappa shape index (κ2) is 8.76. The molecule has 0 unspecified atom stereocenters. The number of hydrogen-bond acceptors (Lipinski definition) is 6. The average Bonchev–Trinajstić information content (AvgIpc) is 3.08. The number of H-pyrrole nitrogens is 1. The number of pyridine rings is 1. The normalized spacial score (nSPS) is 15.5. The van der Waals surface area contributed by atoms with Crippen LogP contribution in [-0.2, 0) is 13.5 Å². The van der Waals surface area contributed by atoms with Crippen LogP contribution in [0.15, 0.2) is 29.2 Å². The van der Waals surface area contributed by atoms with E-state index >= 15 is 0 Å². The van der Waals surface area contributed by atoms with Gasteiger partial charge in [0.15, 0.2) is 5.65 Å². The molecule has 33 heavy (non-hydrogen) atoms. The lowest BCUT2D eigenvalue weighted by atomic mass is 10.0. The highest BCUT2D eigenvalue weighted by Crippen LogP contribution is 2.28. The second-order valence-electron chi connectivity index (χ2n) is 8.80. The summed E-state index contributed by atoms with van der Waals surface area (Å²) in [6.45, 7) is 7.39. The van der Waals surface area contributed by atoms with E-state index in [1.54, 1.807) is 6.07 Å². The number of halogens is 1. The Bertz CT molecular complexity index is 1390. The average molecular weight is 466 g/mol. The van der Waals surface area contributed by atoms with Crippen molar-refractivity contribution < 1.29 is 0 Å². The summed E-state index contributed by atoms with van der Waals surface area (Å²) in [7, 11) is 1.95. The first-order valence-electron chi connectivity index (χ1n) is 11.4. The molecule has 0 atom stereocenters. The lowest BCUT2D eigenvalue weighted by Crippen LogP contribution is -2.38. The first-order chi connectivity index (χ1) is 15.9. The standard InChI is InChI=1S/C24H28ClN7O/c1-4-32-7-5-16(6-8-32)28-20-12-19-17(11-18(20)25)24(33)30-22(29-19)10-15-9-21-23(26-13-15)31(3)14(2)27-21/h9,11-13,16,28H,4-8,10H2,1-3H3,(H,29,30,33). The second-order valence-corrected chi connectivity index (χ2v) is 9.20. The van der Waals surface area contributed by atoms with Crippen molar-refractivity contribution >= 4 is 39.4 Å². The molecule has 1 saturated heterocycles. The largest absolute Gasteiger partial charge is 0.381 e. The molecule has 1 aliphatic rings. The molecule has 1 aliphatic heterocycles. The molecule has 4 heterocycles. The van der Waals surface area contributed by atoms with E-state index in [1.165, 1.54) is 0 Å². The summed E-state index contributed by atoms with van der Waals surface area (Å²) in [6.07, 6.45) is 4.41. The van der Waals surface area contributed by atoms with Crippen LogP contribution >= 0.6 is 11.6 Å². The molecule has 0 spiro atoms. The van der Waals surface area contributed by atoms with Crippen molar-refractivity contribution in [2.24, 2.45) is 7.05 Å². The zero-order valence-corrected chi connectivity index (χ0v) is 19.9. The number of aromatic amines is 1. The van der Waals surface area contributed by atoms with Crippen molar-refractivity contribution in [2.75, 3.05) is 25.0 Å². The van der Waals surface area contributed by atoms with Crippen LogP contribution in [0.1, 0.15) is 37.0 Å². The maximum absolute atomic E-state index is 12.8. The van der Waals surface area contributed by atoms with Crippen LogP contribution in [0.3, 0.4) is 0 Å². The van der Waals surface area contributed by atoms with Gasteiger partial charge in [0.2, 0.25) is 0 Å². The Morgan fingerprint density at radius 2 is 1.97 bits per heavy atom. The Morgan fingerprint density at radius 1 is 1.18 bits per heavy atom. The summed E-state index contributed by atoms with van der Waals surface area (Å²) in [5.74, 6) is 1.50. The fourth-order valence-corrected chi connectivity index (χ4v) is 4.75. The summed E-state index contributed by atoms with van der Waals surface area (Å²) in [5, 5.41) is 4.60. The number of anilines is 1. The predicted molar refractivity (Wildman–Crippen MR) is 132 cm³/mol.